The third-order valence-electron chi connectivity index (χ3n) is 5.57. The SMILES string of the molecule is C=C(C)[C@]1(O)C[C@](c2ccc(Br)cc2)(N2C(=O)c3ccccc3C2=O)C1. The second-order valence-corrected chi connectivity index (χ2v) is 8.11. The molecule has 2 aromatic rings. The largest absolute Gasteiger partial charge is 0.385 e. The number of halogens is 1. The fourth-order valence-electron chi connectivity index (χ4n) is 4.05. The topological polar surface area (TPSA) is 57.6 Å². The summed E-state index contributed by atoms with van der Waals surface area (Å²) in [6.07, 6.45) is 0.505. The quantitative estimate of drug-likeness (QED) is 0.612. The summed E-state index contributed by atoms with van der Waals surface area (Å²) in [5.74, 6) is -0.616. The summed E-state index contributed by atoms with van der Waals surface area (Å²) in [7, 11) is 0. The summed E-state index contributed by atoms with van der Waals surface area (Å²) in [6, 6.07) is 14.4. The van der Waals surface area contributed by atoms with Crippen LogP contribution in [0.2, 0.25) is 0 Å². The highest BCUT2D eigenvalue weighted by molar-refractivity contribution is 9.10. The normalized spacial score (nSPS) is 27.3. The molecule has 0 atom stereocenters. The van der Waals surface area contributed by atoms with Crippen molar-refractivity contribution >= 4 is 27.7 Å². The number of carbonyl (C=O) groups excluding carboxylic acids is 2. The summed E-state index contributed by atoms with van der Waals surface area (Å²) in [4.78, 5) is 27.5. The highest BCUT2D eigenvalue weighted by atomic mass is 79.9. The maximum Gasteiger partial charge on any atom is 0.262 e. The summed E-state index contributed by atoms with van der Waals surface area (Å²) < 4.78 is 0.910. The number of fused-ring (bicyclic) bond motifs is 1. The first-order valence-electron chi connectivity index (χ1n) is 8.41. The lowest BCUT2D eigenvalue weighted by Crippen LogP contribution is -2.64. The number of imide groups is 1. The smallest absolute Gasteiger partial charge is 0.262 e. The summed E-state index contributed by atoms with van der Waals surface area (Å²) in [6.45, 7) is 5.65. The molecule has 1 fully saturated rings. The molecule has 1 aliphatic heterocycles. The van der Waals surface area contributed by atoms with E-state index in [2.05, 4.69) is 22.5 Å². The number of nitrogens with zero attached hydrogens (tertiary/aromatic N) is 1. The van der Waals surface area contributed by atoms with Crippen LogP contribution in [-0.4, -0.2) is 27.4 Å². The number of rotatable bonds is 3. The lowest BCUT2D eigenvalue weighted by atomic mass is 9.58. The van der Waals surface area contributed by atoms with E-state index in [1.165, 1.54) is 4.90 Å². The summed E-state index contributed by atoms with van der Waals surface area (Å²) in [5.41, 5.74) is 0.353. The predicted molar refractivity (Wildman–Crippen MR) is 102 cm³/mol. The summed E-state index contributed by atoms with van der Waals surface area (Å²) >= 11 is 3.42. The highest BCUT2D eigenvalue weighted by Crippen LogP contribution is 2.56. The minimum Gasteiger partial charge on any atom is -0.385 e. The number of carbonyl (C=O) groups is 2. The van der Waals surface area contributed by atoms with Crippen molar-refractivity contribution in [3.8, 4) is 0 Å². The zero-order chi connectivity index (χ0) is 18.7. The Morgan fingerprint density at radius 1 is 1.04 bits per heavy atom. The van der Waals surface area contributed by atoms with Crippen LogP contribution in [0.1, 0.15) is 46.0 Å². The van der Waals surface area contributed by atoms with Crippen molar-refractivity contribution in [3.05, 3.63) is 81.8 Å². The molecular weight excluding hydrogens is 394 g/mol. The fourth-order valence-corrected chi connectivity index (χ4v) is 4.31. The molecule has 0 spiro atoms. The van der Waals surface area contributed by atoms with Crippen molar-refractivity contribution in [1.29, 1.82) is 0 Å². The van der Waals surface area contributed by atoms with E-state index in [4.69, 9.17) is 0 Å². The molecule has 2 aromatic carbocycles. The Morgan fingerprint density at radius 3 is 2.00 bits per heavy atom. The van der Waals surface area contributed by atoms with E-state index in [1.807, 2.05) is 24.3 Å². The van der Waals surface area contributed by atoms with Crippen molar-refractivity contribution in [2.45, 2.75) is 30.9 Å². The molecule has 1 saturated carbocycles. The van der Waals surface area contributed by atoms with Crippen LogP contribution < -0.4 is 0 Å². The van der Waals surface area contributed by atoms with Crippen molar-refractivity contribution in [3.63, 3.8) is 0 Å². The minimum absolute atomic E-state index is 0.252. The van der Waals surface area contributed by atoms with Crippen molar-refractivity contribution in [2.24, 2.45) is 0 Å². The van der Waals surface area contributed by atoms with E-state index in [-0.39, 0.29) is 24.7 Å². The number of hydrogen-bond acceptors (Lipinski definition) is 3. The monoisotopic (exact) mass is 411 g/mol. The Morgan fingerprint density at radius 2 is 1.54 bits per heavy atom. The van der Waals surface area contributed by atoms with Gasteiger partial charge < -0.3 is 5.11 Å². The van der Waals surface area contributed by atoms with Crippen LogP contribution in [0.5, 0.6) is 0 Å². The molecule has 4 rings (SSSR count). The van der Waals surface area contributed by atoms with Crippen molar-refractivity contribution < 1.29 is 14.7 Å². The maximum atomic E-state index is 13.1. The van der Waals surface area contributed by atoms with Crippen LogP contribution in [0.4, 0.5) is 0 Å². The average Bonchev–Trinajstić information content (AvgIpc) is 2.84. The number of aliphatic hydroxyl groups is 1. The van der Waals surface area contributed by atoms with E-state index < -0.39 is 11.1 Å². The first-order chi connectivity index (χ1) is 12.3. The van der Waals surface area contributed by atoms with Gasteiger partial charge in [-0.2, -0.15) is 0 Å². The fraction of sp³-hybridized carbons (Fsp3) is 0.238. The zero-order valence-corrected chi connectivity index (χ0v) is 15.9. The van der Waals surface area contributed by atoms with Crippen LogP contribution in [-0.2, 0) is 5.54 Å². The van der Waals surface area contributed by atoms with Crippen LogP contribution >= 0.6 is 15.9 Å². The Kier molecular flexibility index (Phi) is 3.72. The molecule has 132 valence electrons. The Bertz CT molecular complexity index is 907. The molecule has 0 bridgehead atoms. The van der Waals surface area contributed by atoms with Gasteiger partial charge in [-0.3, -0.25) is 14.5 Å². The maximum absolute atomic E-state index is 13.1. The third-order valence-corrected chi connectivity index (χ3v) is 6.10. The lowest BCUT2D eigenvalue weighted by molar-refractivity contribution is -0.106. The van der Waals surface area contributed by atoms with Gasteiger partial charge in [0.25, 0.3) is 11.8 Å². The molecule has 0 aromatic heterocycles. The molecule has 0 unspecified atom stereocenters. The van der Waals surface area contributed by atoms with Gasteiger partial charge in [-0.05, 0) is 42.3 Å². The van der Waals surface area contributed by atoms with Crippen molar-refractivity contribution in [1.82, 2.24) is 4.90 Å². The van der Waals surface area contributed by atoms with Gasteiger partial charge >= 0.3 is 0 Å². The van der Waals surface area contributed by atoms with Gasteiger partial charge in [-0.1, -0.05) is 46.8 Å². The average molecular weight is 412 g/mol. The first-order valence-corrected chi connectivity index (χ1v) is 9.20. The molecule has 0 saturated heterocycles. The molecule has 1 heterocycles. The van der Waals surface area contributed by atoms with E-state index in [0.29, 0.717) is 16.7 Å². The highest BCUT2D eigenvalue weighted by Gasteiger charge is 2.62. The molecule has 2 amide bonds. The van der Waals surface area contributed by atoms with Crippen LogP contribution in [0.15, 0.2) is 65.2 Å². The Labute approximate surface area is 160 Å². The van der Waals surface area contributed by atoms with Crippen LogP contribution in [0.25, 0.3) is 0 Å². The molecule has 4 nitrogen and oxygen atoms in total. The van der Waals surface area contributed by atoms with E-state index in [9.17, 15) is 14.7 Å². The minimum atomic E-state index is -1.08. The van der Waals surface area contributed by atoms with Gasteiger partial charge in [0.1, 0.15) is 0 Å². The van der Waals surface area contributed by atoms with Crippen LogP contribution in [0, 0.1) is 0 Å². The standard InChI is InChI=1S/C21H18BrNO3/c1-13(2)21(26)11-20(12-21,14-7-9-15(22)10-8-14)23-18(24)16-5-3-4-6-17(16)19(23)25/h3-10,26H,1,11-12H2,2H3/t20-,21-. The van der Waals surface area contributed by atoms with Gasteiger partial charge in [0.15, 0.2) is 0 Å². The second kappa shape index (κ2) is 5.63. The predicted octanol–water partition coefficient (Wildman–Crippen LogP) is 4.04. The van der Waals surface area contributed by atoms with Gasteiger partial charge in [0, 0.05) is 17.3 Å². The zero-order valence-electron chi connectivity index (χ0n) is 14.3. The number of amides is 2. The summed E-state index contributed by atoms with van der Waals surface area (Å²) in [5, 5.41) is 10.8. The number of benzene rings is 2. The van der Waals surface area contributed by atoms with E-state index >= 15 is 0 Å². The molecule has 26 heavy (non-hydrogen) atoms. The number of hydrogen-bond donors (Lipinski definition) is 1. The Balaban J connectivity index is 1.84. The molecule has 0 radical (unpaired) electrons. The van der Waals surface area contributed by atoms with Crippen LogP contribution in [0.3, 0.4) is 0 Å². The van der Waals surface area contributed by atoms with E-state index in [0.717, 1.165) is 10.0 Å². The van der Waals surface area contributed by atoms with Gasteiger partial charge in [0.05, 0.1) is 22.3 Å². The second-order valence-electron chi connectivity index (χ2n) is 7.20. The van der Waals surface area contributed by atoms with E-state index in [1.54, 1.807) is 31.2 Å². The first kappa shape index (κ1) is 17.2. The molecule has 1 N–H and O–H groups in total. The van der Waals surface area contributed by atoms with Crippen molar-refractivity contribution in [2.75, 3.05) is 0 Å². The van der Waals surface area contributed by atoms with Gasteiger partial charge in [0.2, 0.25) is 0 Å². The third kappa shape index (κ3) is 2.24. The van der Waals surface area contributed by atoms with Gasteiger partial charge in [-0.25, -0.2) is 0 Å². The Hall–Kier alpha value is -2.24. The molecule has 1 aliphatic carbocycles. The molecule has 2 aliphatic rings. The lowest BCUT2D eigenvalue weighted by Gasteiger charge is -2.57. The molecular formula is C21H18BrNO3. The van der Waals surface area contributed by atoms with Gasteiger partial charge in [-0.15, -0.1) is 0 Å². The molecule has 5 heteroatoms.